The third kappa shape index (κ3) is 3.95. The first-order valence-electron chi connectivity index (χ1n) is 8.73. The maximum Gasteiger partial charge on any atom is 0.303 e. The Morgan fingerprint density at radius 3 is 2.54 bits per heavy atom. The number of rotatable bonds is 8. The number of nitrogens with one attached hydrogen (secondary N) is 2. The Balaban J connectivity index is 1.44. The summed E-state index contributed by atoms with van der Waals surface area (Å²) in [6, 6.07) is 12.9. The van der Waals surface area contributed by atoms with Crippen LogP contribution in [-0.2, 0) is 4.74 Å². The first-order chi connectivity index (χ1) is 13.7. The van der Waals surface area contributed by atoms with Gasteiger partial charge in [0.05, 0.1) is 19.8 Å². The van der Waals surface area contributed by atoms with Crippen molar-refractivity contribution in [2.24, 2.45) is 0 Å². The highest BCUT2D eigenvalue weighted by Gasteiger charge is 2.13. The van der Waals surface area contributed by atoms with Gasteiger partial charge in [-0.2, -0.15) is 9.97 Å². The number of nitrogens with zero attached hydrogens (tertiary/aromatic N) is 2. The van der Waals surface area contributed by atoms with Crippen LogP contribution in [0.3, 0.4) is 0 Å². The number of aliphatic hydroxyl groups excluding tert-OH is 1. The van der Waals surface area contributed by atoms with E-state index in [2.05, 4.69) is 20.6 Å². The van der Waals surface area contributed by atoms with Crippen LogP contribution in [0.15, 0.2) is 51.3 Å². The minimum atomic E-state index is -0.251. The number of aromatic nitrogens is 2. The van der Waals surface area contributed by atoms with Crippen molar-refractivity contribution in [2.45, 2.75) is 0 Å². The molecule has 0 saturated heterocycles. The lowest BCUT2D eigenvalue weighted by Gasteiger charge is -2.05. The maximum absolute atomic E-state index is 12.2. The quantitative estimate of drug-likeness (QED) is 0.397. The van der Waals surface area contributed by atoms with E-state index in [4.69, 9.17) is 18.7 Å². The second-order valence-electron chi connectivity index (χ2n) is 5.91. The van der Waals surface area contributed by atoms with Crippen LogP contribution < -0.4 is 10.6 Å². The summed E-state index contributed by atoms with van der Waals surface area (Å²) >= 11 is 0. The Kier molecular flexibility index (Phi) is 5.18. The van der Waals surface area contributed by atoms with E-state index < -0.39 is 0 Å². The van der Waals surface area contributed by atoms with Gasteiger partial charge < -0.3 is 24.0 Å². The molecule has 0 fully saturated rings. The van der Waals surface area contributed by atoms with Gasteiger partial charge in [-0.25, -0.2) is 0 Å². The predicted octanol–water partition coefficient (Wildman–Crippen LogP) is 2.45. The molecule has 4 aromatic rings. The highest BCUT2D eigenvalue weighted by atomic mass is 16.5. The van der Waals surface area contributed by atoms with Gasteiger partial charge in [-0.15, -0.1) is 0 Å². The normalized spacial score (nSPS) is 11.2. The molecule has 0 aliphatic heterocycles. The SMILES string of the molecule is O=C(NCCOCCO)c1ccc2nc(Nc3nc4ccccc4o3)oc2c1. The fourth-order valence-electron chi connectivity index (χ4n) is 2.64. The molecule has 0 unspecified atom stereocenters. The van der Waals surface area contributed by atoms with Gasteiger partial charge in [-0.05, 0) is 30.3 Å². The molecule has 9 heteroatoms. The van der Waals surface area contributed by atoms with Gasteiger partial charge in [0, 0.05) is 12.1 Å². The molecular weight excluding hydrogens is 364 g/mol. The van der Waals surface area contributed by atoms with Crippen molar-refractivity contribution in [3.63, 3.8) is 0 Å². The van der Waals surface area contributed by atoms with Gasteiger partial charge >= 0.3 is 12.0 Å². The first kappa shape index (κ1) is 18.0. The smallest absolute Gasteiger partial charge is 0.303 e. The maximum atomic E-state index is 12.2. The highest BCUT2D eigenvalue weighted by molar-refractivity contribution is 5.97. The van der Waals surface area contributed by atoms with Crippen molar-refractivity contribution >= 4 is 40.1 Å². The van der Waals surface area contributed by atoms with Crippen LogP contribution in [0.5, 0.6) is 0 Å². The van der Waals surface area contributed by atoms with E-state index in [-0.39, 0.29) is 31.2 Å². The molecule has 0 bridgehead atoms. The number of ether oxygens (including phenoxy) is 1. The zero-order valence-electron chi connectivity index (χ0n) is 14.8. The molecule has 0 atom stereocenters. The number of oxazole rings is 2. The number of aliphatic hydroxyl groups is 1. The number of amides is 1. The average Bonchev–Trinajstić information content (AvgIpc) is 3.29. The Morgan fingerprint density at radius 1 is 1.00 bits per heavy atom. The van der Waals surface area contributed by atoms with Crippen molar-refractivity contribution in [1.29, 1.82) is 0 Å². The summed E-state index contributed by atoms with van der Waals surface area (Å²) < 4.78 is 16.4. The summed E-state index contributed by atoms with van der Waals surface area (Å²) in [5.74, 6) is -0.251. The molecule has 1 amide bonds. The van der Waals surface area contributed by atoms with Crippen LogP contribution in [0.25, 0.3) is 22.2 Å². The largest absolute Gasteiger partial charge is 0.423 e. The van der Waals surface area contributed by atoms with Gasteiger partial charge in [0.2, 0.25) is 0 Å². The molecule has 28 heavy (non-hydrogen) atoms. The topological polar surface area (TPSA) is 123 Å². The summed E-state index contributed by atoms with van der Waals surface area (Å²) in [6.07, 6.45) is 0. The van der Waals surface area contributed by atoms with Crippen LogP contribution in [0.2, 0.25) is 0 Å². The summed E-state index contributed by atoms with van der Waals surface area (Å²) in [4.78, 5) is 20.8. The number of hydrogen-bond acceptors (Lipinski definition) is 8. The first-order valence-corrected chi connectivity index (χ1v) is 8.73. The van der Waals surface area contributed by atoms with E-state index in [1.807, 2.05) is 24.3 Å². The number of carbonyl (C=O) groups is 1. The number of hydrogen-bond donors (Lipinski definition) is 3. The molecule has 0 aliphatic carbocycles. The van der Waals surface area contributed by atoms with Crippen LogP contribution >= 0.6 is 0 Å². The number of benzene rings is 2. The van der Waals surface area contributed by atoms with Crippen LogP contribution in [0, 0.1) is 0 Å². The second-order valence-corrected chi connectivity index (χ2v) is 5.91. The van der Waals surface area contributed by atoms with Crippen LogP contribution in [0.4, 0.5) is 12.0 Å². The molecule has 2 aromatic carbocycles. The highest BCUT2D eigenvalue weighted by Crippen LogP contribution is 2.25. The fourth-order valence-corrected chi connectivity index (χ4v) is 2.64. The zero-order valence-corrected chi connectivity index (χ0v) is 14.8. The molecule has 2 aromatic heterocycles. The number of para-hydroxylation sites is 2. The average molecular weight is 382 g/mol. The summed E-state index contributed by atoms with van der Waals surface area (Å²) in [5.41, 5.74) is 2.88. The van der Waals surface area contributed by atoms with E-state index in [9.17, 15) is 4.79 Å². The fraction of sp³-hybridized carbons (Fsp3) is 0.211. The van der Waals surface area contributed by atoms with Gasteiger partial charge in [0.25, 0.3) is 5.91 Å². The lowest BCUT2D eigenvalue weighted by molar-refractivity contribution is 0.0838. The van der Waals surface area contributed by atoms with Gasteiger partial charge in [0.15, 0.2) is 11.2 Å². The van der Waals surface area contributed by atoms with E-state index in [1.54, 1.807) is 18.2 Å². The molecule has 0 aliphatic rings. The number of anilines is 2. The van der Waals surface area contributed by atoms with Gasteiger partial charge in [-0.1, -0.05) is 12.1 Å². The standard InChI is InChI=1S/C19H18N4O5/c24-8-10-26-9-7-20-17(25)12-5-6-14-16(11-12)28-19(22-14)23-18-21-13-3-1-2-4-15(13)27-18/h1-6,11,24H,7-10H2,(H,20,25)(H,21,22,23). The minimum absolute atomic E-state index is 0.0456. The molecule has 9 nitrogen and oxygen atoms in total. The van der Waals surface area contributed by atoms with Crippen molar-refractivity contribution in [3.8, 4) is 0 Å². The molecule has 0 saturated carbocycles. The molecule has 0 radical (unpaired) electrons. The van der Waals surface area contributed by atoms with E-state index in [1.165, 1.54) is 0 Å². The molecule has 0 spiro atoms. The molecule has 144 valence electrons. The summed E-state index contributed by atoms with van der Waals surface area (Å²) in [5, 5.41) is 14.3. The Hall–Kier alpha value is -3.43. The number of carbonyl (C=O) groups excluding carboxylic acids is 1. The van der Waals surface area contributed by atoms with Crippen LogP contribution in [-0.4, -0.2) is 47.3 Å². The van der Waals surface area contributed by atoms with Gasteiger partial charge in [0.1, 0.15) is 11.0 Å². The zero-order chi connectivity index (χ0) is 19.3. The number of fused-ring (bicyclic) bond motifs is 2. The summed E-state index contributed by atoms with van der Waals surface area (Å²) in [6.45, 7) is 0.874. The summed E-state index contributed by atoms with van der Waals surface area (Å²) in [7, 11) is 0. The molecule has 3 N–H and O–H groups in total. The van der Waals surface area contributed by atoms with Gasteiger partial charge in [-0.3, -0.25) is 10.1 Å². The third-order valence-electron chi connectivity index (χ3n) is 3.93. The second kappa shape index (κ2) is 8.07. The van der Waals surface area contributed by atoms with E-state index in [0.29, 0.717) is 35.4 Å². The predicted molar refractivity (Wildman–Crippen MR) is 102 cm³/mol. The lowest BCUT2D eigenvalue weighted by atomic mass is 10.2. The third-order valence-corrected chi connectivity index (χ3v) is 3.93. The van der Waals surface area contributed by atoms with E-state index >= 15 is 0 Å². The Morgan fingerprint density at radius 2 is 1.75 bits per heavy atom. The molecule has 4 rings (SSSR count). The minimum Gasteiger partial charge on any atom is -0.423 e. The Labute approximate surface area is 159 Å². The molecular formula is C19H18N4O5. The van der Waals surface area contributed by atoms with Crippen molar-refractivity contribution in [3.05, 3.63) is 48.0 Å². The van der Waals surface area contributed by atoms with Crippen molar-refractivity contribution in [2.75, 3.05) is 31.7 Å². The monoisotopic (exact) mass is 382 g/mol. The van der Waals surface area contributed by atoms with E-state index in [0.717, 1.165) is 5.52 Å². The lowest BCUT2D eigenvalue weighted by Crippen LogP contribution is -2.27. The molecule has 2 heterocycles. The van der Waals surface area contributed by atoms with Crippen molar-refractivity contribution < 1.29 is 23.5 Å². The Bertz CT molecular complexity index is 1070. The van der Waals surface area contributed by atoms with Crippen molar-refractivity contribution in [1.82, 2.24) is 15.3 Å². The van der Waals surface area contributed by atoms with Crippen LogP contribution in [0.1, 0.15) is 10.4 Å².